The summed E-state index contributed by atoms with van der Waals surface area (Å²) in [6.45, 7) is 4.08. The summed E-state index contributed by atoms with van der Waals surface area (Å²) in [5.41, 5.74) is -0.534. The lowest BCUT2D eigenvalue weighted by atomic mass is 9.90. The minimum Gasteiger partial charge on any atom is -0.396 e. The molecular formula is C8H16O2. The number of aliphatic hydroxyl groups excluding tert-OH is 1. The smallest absolute Gasteiger partial charge is 0.0648 e. The molecule has 1 aliphatic rings. The van der Waals surface area contributed by atoms with Crippen molar-refractivity contribution in [2.24, 2.45) is 11.8 Å². The normalized spacial score (nSPS) is 48.0. The maximum atomic E-state index is 9.65. The molecule has 60 valence electrons. The molecule has 0 aromatic rings. The second-order valence-electron chi connectivity index (χ2n) is 3.63. The Hall–Kier alpha value is -0.0800. The molecule has 1 saturated carbocycles. The van der Waals surface area contributed by atoms with E-state index < -0.39 is 5.60 Å². The molecule has 0 aromatic heterocycles. The monoisotopic (exact) mass is 144 g/mol. The van der Waals surface area contributed by atoms with E-state index in [1.54, 1.807) is 0 Å². The lowest BCUT2D eigenvalue weighted by molar-refractivity contribution is 0.0117. The molecule has 0 aliphatic heterocycles. The van der Waals surface area contributed by atoms with Crippen molar-refractivity contribution in [2.75, 3.05) is 6.61 Å². The van der Waals surface area contributed by atoms with Gasteiger partial charge in [0.25, 0.3) is 0 Å². The van der Waals surface area contributed by atoms with Crippen LogP contribution in [0.15, 0.2) is 0 Å². The Bertz CT molecular complexity index is 120. The fourth-order valence-electron chi connectivity index (χ4n) is 1.71. The Balaban J connectivity index is 2.58. The van der Waals surface area contributed by atoms with Gasteiger partial charge in [0.2, 0.25) is 0 Å². The number of hydrogen-bond acceptors (Lipinski definition) is 2. The summed E-state index contributed by atoms with van der Waals surface area (Å²) in [6.07, 6.45) is 1.80. The van der Waals surface area contributed by atoms with Gasteiger partial charge < -0.3 is 10.2 Å². The van der Waals surface area contributed by atoms with E-state index in [9.17, 15) is 5.11 Å². The second kappa shape index (κ2) is 2.51. The second-order valence-corrected chi connectivity index (χ2v) is 3.63. The first-order chi connectivity index (χ1) is 4.58. The molecule has 0 radical (unpaired) electrons. The van der Waals surface area contributed by atoms with E-state index in [0.717, 1.165) is 12.8 Å². The topological polar surface area (TPSA) is 40.5 Å². The van der Waals surface area contributed by atoms with E-state index in [0.29, 0.717) is 5.92 Å². The molecule has 1 rings (SSSR count). The molecule has 10 heavy (non-hydrogen) atoms. The molecule has 0 amide bonds. The third-order valence-corrected chi connectivity index (χ3v) is 2.94. The summed E-state index contributed by atoms with van der Waals surface area (Å²) in [5, 5.41) is 18.5. The summed E-state index contributed by atoms with van der Waals surface area (Å²) >= 11 is 0. The predicted molar refractivity (Wildman–Crippen MR) is 39.6 cm³/mol. The maximum Gasteiger partial charge on any atom is 0.0648 e. The summed E-state index contributed by atoms with van der Waals surface area (Å²) in [5.74, 6) is 0.562. The quantitative estimate of drug-likeness (QED) is 0.571. The van der Waals surface area contributed by atoms with Crippen LogP contribution in [0.2, 0.25) is 0 Å². The van der Waals surface area contributed by atoms with Crippen LogP contribution in [0.5, 0.6) is 0 Å². The van der Waals surface area contributed by atoms with Crippen molar-refractivity contribution in [1.29, 1.82) is 0 Å². The van der Waals surface area contributed by atoms with Crippen LogP contribution in [0.1, 0.15) is 26.7 Å². The van der Waals surface area contributed by atoms with Crippen molar-refractivity contribution < 1.29 is 10.2 Å². The van der Waals surface area contributed by atoms with Crippen molar-refractivity contribution in [3.8, 4) is 0 Å². The van der Waals surface area contributed by atoms with E-state index >= 15 is 0 Å². The zero-order chi connectivity index (χ0) is 7.78. The lowest BCUT2D eigenvalue weighted by Gasteiger charge is -2.24. The summed E-state index contributed by atoms with van der Waals surface area (Å²) in [4.78, 5) is 0. The standard InChI is InChI=1S/C8H16O2/c1-6-7(5-9)3-4-8(6,2)10/h6-7,9-10H,3-5H2,1-2H3/t6-,7-,8-/m1/s1. The highest BCUT2D eigenvalue weighted by Crippen LogP contribution is 2.39. The first kappa shape index (κ1) is 8.02. The lowest BCUT2D eigenvalue weighted by Crippen LogP contribution is -2.30. The van der Waals surface area contributed by atoms with Gasteiger partial charge in [-0.15, -0.1) is 0 Å². The van der Waals surface area contributed by atoms with E-state index in [1.165, 1.54) is 0 Å². The molecule has 0 bridgehead atoms. The van der Waals surface area contributed by atoms with Crippen LogP contribution in [0.4, 0.5) is 0 Å². The summed E-state index contributed by atoms with van der Waals surface area (Å²) in [6, 6.07) is 0. The van der Waals surface area contributed by atoms with Crippen LogP contribution in [0, 0.1) is 11.8 Å². The SMILES string of the molecule is C[C@@H]1[C@@H](CO)CC[C@@]1(C)O. The Morgan fingerprint density at radius 3 is 2.40 bits per heavy atom. The maximum absolute atomic E-state index is 9.65. The van der Waals surface area contributed by atoms with Crippen molar-refractivity contribution in [3.63, 3.8) is 0 Å². The van der Waals surface area contributed by atoms with E-state index in [1.807, 2.05) is 13.8 Å². The molecule has 0 spiro atoms. The van der Waals surface area contributed by atoms with Gasteiger partial charge in [0.15, 0.2) is 0 Å². The highest BCUT2D eigenvalue weighted by Gasteiger charge is 2.40. The van der Waals surface area contributed by atoms with Gasteiger partial charge in [-0.05, 0) is 31.6 Å². The van der Waals surface area contributed by atoms with Gasteiger partial charge in [-0.1, -0.05) is 6.92 Å². The van der Waals surface area contributed by atoms with Crippen LogP contribution >= 0.6 is 0 Å². The molecule has 0 saturated heterocycles. The van der Waals surface area contributed by atoms with Gasteiger partial charge in [-0.25, -0.2) is 0 Å². The number of aliphatic hydroxyl groups is 2. The van der Waals surface area contributed by atoms with E-state index in [2.05, 4.69) is 0 Å². The van der Waals surface area contributed by atoms with Crippen LogP contribution in [0.25, 0.3) is 0 Å². The molecule has 0 unspecified atom stereocenters. The fraction of sp³-hybridized carbons (Fsp3) is 1.00. The Labute approximate surface area is 61.9 Å². The Morgan fingerprint density at radius 2 is 2.20 bits per heavy atom. The minimum absolute atomic E-state index is 0.220. The molecular weight excluding hydrogens is 128 g/mol. The molecule has 3 atom stereocenters. The van der Waals surface area contributed by atoms with Gasteiger partial charge in [0, 0.05) is 6.61 Å². The molecule has 1 aliphatic carbocycles. The zero-order valence-electron chi connectivity index (χ0n) is 6.67. The number of rotatable bonds is 1. The third-order valence-electron chi connectivity index (χ3n) is 2.94. The Morgan fingerprint density at radius 1 is 1.60 bits per heavy atom. The first-order valence-electron chi connectivity index (χ1n) is 3.91. The van der Waals surface area contributed by atoms with Crippen molar-refractivity contribution in [3.05, 3.63) is 0 Å². The molecule has 2 N–H and O–H groups in total. The fourth-order valence-corrected chi connectivity index (χ4v) is 1.71. The summed E-state index contributed by atoms with van der Waals surface area (Å²) < 4.78 is 0. The van der Waals surface area contributed by atoms with Crippen LogP contribution < -0.4 is 0 Å². The van der Waals surface area contributed by atoms with Crippen molar-refractivity contribution in [2.45, 2.75) is 32.3 Å². The van der Waals surface area contributed by atoms with Crippen molar-refractivity contribution in [1.82, 2.24) is 0 Å². The van der Waals surface area contributed by atoms with Gasteiger partial charge in [-0.3, -0.25) is 0 Å². The number of hydrogen-bond donors (Lipinski definition) is 2. The predicted octanol–water partition coefficient (Wildman–Crippen LogP) is 0.776. The highest BCUT2D eigenvalue weighted by molar-refractivity contribution is 4.90. The third kappa shape index (κ3) is 1.18. The minimum atomic E-state index is -0.534. The molecule has 0 heterocycles. The van der Waals surface area contributed by atoms with Gasteiger partial charge in [0.1, 0.15) is 0 Å². The largest absolute Gasteiger partial charge is 0.396 e. The Kier molecular flexibility index (Phi) is 2.02. The first-order valence-corrected chi connectivity index (χ1v) is 3.91. The van der Waals surface area contributed by atoms with Crippen LogP contribution in [-0.4, -0.2) is 22.4 Å². The average molecular weight is 144 g/mol. The average Bonchev–Trinajstić information content (AvgIpc) is 2.10. The van der Waals surface area contributed by atoms with Gasteiger partial charge in [0.05, 0.1) is 5.60 Å². The van der Waals surface area contributed by atoms with E-state index in [4.69, 9.17) is 5.11 Å². The zero-order valence-corrected chi connectivity index (χ0v) is 6.67. The molecule has 2 heteroatoms. The van der Waals surface area contributed by atoms with Crippen LogP contribution in [0.3, 0.4) is 0 Å². The summed E-state index contributed by atoms with van der Waals surface area (Å²) in [7, 11) is 0. The van der Waals surface area contributed by atoms with Crippen molar-refractivity contribution >= 4 is 0 Å². The van der Waals surface area contributed by atoms with E-state index in [-0.39, 0.29) is 12.5 Å². The van der Waals surface area contributed by atoms with Crippen LogP contribution in [-0.2, 0) is 0 Å². The molecule has 0 aromatic carbocycles. The van der Waals surface area contributed by atoms with Gasteiger partial charge >= 0.3 is 0 Å². The molecule has 1 fully saturated rings. The van der Waals surface area contributed by atoms with Gasteiger partial charge in [-0.2, -0.15) is 0 Å². The molecule has 2 nitrogen and oxygen atoms in total. The highest BCUT2D eigenvalue weighted by atomic mass is 16.3.